The third-order valence-corrected chi connectivity index (χ3v) is 1.91. The highest BCUT2D eigenvalue weighted by Crippen LogP contribution is 2.20. The minimum Gasteiger partial charge on any atom is -0.495 e. The van der Waals surface area contributed by atoms with Crippen molar-refractivity contribution >= 4 is 22.0 Å². The van der Waals surface area contributed by atoms with Gasteiger partial charge in [-0.1, -0.05) is 4.57 Å². The highest BCUT2D eigenvalue weighted by molar-refractivity contribution is 9.10. The van der Waals surface area contributed by atoms with Gasteiger partial charge in [-0.3, -0.25) is 0 Å². The molecule has 0 atom stereocenters. The lowest BCUT2D eigenvalue weighted by Crippen LogP contribution is -2.40. The molecule has 1 N–H and O–H groups in total. The summed E-state index contributed by atoms with van der Waals surface area (Å²) in [5.41, 5.74) is 0. The predicted molar refractivity (Wildman–Crippen MR) is 44.3 cm³/mol. The van der Waals surface area contributed by atoms with E-state index in [1.54, 1.807) is 6.07 Å². The zero-order valence-electron chi connectivity index (χ0n) is 6.32. The molecule has 1 aromatic rings. The first kappa shape index (κ1) is 8.99. The maximum atomic E-state index is 10.5. The zero-order valence-corrected chi connectivity index (χ0v) is 7.91. The summed E-state index contributed by atoms with van der Waals surface area (Å²) in [6.07, 6.45) is 1.80. The van der Waals surface area contributed by atoms with E-state index in [1.165, 1.54) is 19.5 Å². The third kappa shape index (κ3) is 1.73. The molecule has 1 aromatic heterocycles. The van der Waals surface area contributed by atoms with Crippen molar-refractivity contribution in [2.45, 2.75) is 0 Å². The van der Waals surface area contributed by atoms with E-state index in [9.17, 15) is 4.79 Å². The second-order valence-corrected chi connectivity index (χ2v) is 2.91. The molecule has 0 saturated carbocycles. The van der Waals surface area contributed by atoms with E-state index < -0.39 is 6.09 Å². The lowest BCUT2D eigenvalue weighted by molar-refractivity contribution is -0.585. The van der Waals surface area contributed by atoms with Crippen LogP contribution in [0.2, 0.25) is 0 Å². The van der Waals surface area contributed by atoms with Gasteiger partial charge in [-0.2, -0.15) is 4.79 Å². The number of hydrogen-bond donors (Lipinski definition) is 1. The van der Waals surface area contributed by atoms with Gasteiger partial charge in [0.15, 0.2) is 12.4 Å². The fourth-order valence-corrected chi connectivity index (χ4v) is 1.26. The second kappa shape index (κ2) is 3.53. The van der Waals surface area contributed by atoms with Gasteiger partial charge in [-0.15, -0.1) is 0 Å². The van der Waals surface area contributed by atoms with E-state index in [0.717, 1.165) is 4.57 Å². The van der Waals surface area contributed by atoms with Crippen LogP contribution in [-0.4, -0.2) is 18.3 Å². The van der Waals surface area contributed by atoms with Crippen LogP contribution in [0.15, 0.2) is 22.9 Å². The first-order valence-corrected chi connectivity index (χ1v) is 3.92. The Kier molecular flexibility index (Phi) is 2.65. The molecular weight excluding hydrogens is 226 g/mol. The molecule has 12 heavy (non-hydrogen) atoms. The van der Waals surface area contributed by atoms with Crippen molar-refractivity contribution in [1.29, 1.82) is 0 Å². The first-order chi connectivity index (χ1) is 5.65. The van der Waals surface area contributed by atoms with Crippen LogP contribution in [0.25, 0.3) is 0 Å². The summed E-state index contributed by atoms with van der Waals surface area (Å²) in [6, 6.07) is 1.57. The molecule has 0 aliphatic heterocycles. The summed E-state index contributed by atoms with van der Waals surface area (Å²) in [5, 5.41) is 8.57. The lowest BCUT2D eigenvalue weighted by atomic mass is 10.4. The van der Waals surface area contributed by atoms with E-state index in [2.05, 4.69) is 15.9 Å². The molecule has 0 spiro atoms. The molecule has 0 amide bonds. The molecule has 4 nitrogen and oxygen atoms in total. The monoisotopic (exact) mass is 232 g/mol. The van der Waals surface area contributed by atoms with Crippen LogP contribution in [0.3, 0.4) is 0 Å². The standard InChI is InChI=1S/C7H6BrNO3/c1-12-6-2-3-9(7(10)11)4-5(6)8/h2-4H,1H3/p+1. The van der Waals surface area contributed by atoms with E-state index in [4.69, 9.17) is 9.84 Å². The van der Waals surface area contributed by atoms with Gasteiger partial charge in [0.2, 0.25) is 0 Å². The van der Waals surface area contributed by atoms with Gasteiger partial charge in [0.1, 0.15) is 10.2 Å². The number of rotatable bonds is 1. The van der Waals surface area contributed by atoms with Crippen molar-refractivity contribution in [3.63, 3.8) is 0 Å². The van der Waals surface area contributed by atoms with E-state index in [0.29, 0.717) is 10.2 Å². The summed E-state index contributed by atoms with van der Waals surface area (Å²) in [5.74, 6) is 0.604. The molecule has 5 heteroatoms. The number of halogens is 1. The van der Waals surface area contributed by atoms with Gasteiger partial charge in [0.25, 0.3) is 0 Å². The summed E-state index contributed by atoms with van der Waals surface area (Å²) in [4.78, 5) is 10.5. The number of ether oxygens (including phenoxy) is 1. The third-order valence-electron chi connectivity index (χ3n) is 1.32. The average Bonchev–Trinajstić information content (AvgIpc) is 2.04. The second-order valence-electron chi connectivity index (χ2n) is 2.05. The molecule has 0 aliphatic carbocycles. The highest BCUT2D eigenvalue weighted by Gasteiger charge is 2.13. The number of nitrogens with zero attached hydrogens (tertiary/aromatic N) is 1. The minimum atomic E-state index is -1.03. The molecule has 0 radical (unpaired) electrons. The molecule has 0 aromatic carbocycles. The number of aromatic nitrogens is 1. The number of pyridine rings is 1. The molecule has 0 bridgehead atoms. The Bertz CT molecular complexity index is 314. The molecular formula is C7H7BrNO3+. The Balaban J connectivity index is 3.10. The fourth-order valence-electron chi connectivity index (χ4n) is 0.741. The zero-order chi connectivity index (χ0) is 9.14. The Labute approximate surface area is 77.5 Å². The fraction of sp³-hybridized carbons (Fsp3) is 0.143. The van der Waals surface area contributed by atoms with Gasteiger partial charge in [0, 0.05) is 6.07 Å². The van der Waals surface area contributed by atoms with Crippen LogP contribution in [0.5, 0.6) is 5.75 Å². The minimum absolute atomic E-state index is 0.604. The Morgan fingerprint density at radius 1 is 1.75 bits per heavy atom. The van der Waals surface area contributed by atoms with Gasteiger partial charge in [0.05, 0.1) is 7.11 Å². The van der Waals surface area contributed by atoms with E-state index in [1.807, 2.05) is 0 Å². The molecule has 64 valence electrons. The molecule has 0 aliphatic rings. The number of carbonyl (C=O) groups is 1. The summed E-state index contributed by atoms with van der Waals surface area (Å²) in [6.45, 7) is 0. The smallest absolute Gasteiger partial charge is 0.495 e. The van der Waals surface area contributed by atoms with Crippen LogP contribution in [-0.2, 0) is 0 Å². The van der Waals surface area contributed by atoms with E-state index in [-0.39, 0.29) is 0 Å². The molecule has 1 heterocycles. The maximum absolute atomic E-state index is 10.5. The molecule has 1 rings (SSSR count). The normalized spacial score (nSPS) is 9.50. The van der Waals surface area contributed by atoms with Crippen molar-refractivity contribution < 1.29 is 19.2 Å². The first-order valence-electron chi connectivity index (χ1n) is 3.13. The van der Waals surface area contributed by atoms with Crippen molar-refractivity contribution in [2.24, 2.45) is 0 Å². The van der Waals surface area contributed by atoms with Crippen LogP contribution in [0.4, 0.5) is 4.79 Å². The van der Waals surface area contributed by atoms with Crippen LogP contribution < -0.4 is 9.30 Å². The van der Waals surface area contributed by atoms with E-state index >= 15 is 0 Å². The quantitative estimate of drug-likeness (QED) is 0.743. The summed E-state index contributed by atoms with van der Waals surface area (Å²) in [7, 11) is 1.52. The van der Waals surface area contributed by atoms with Crippen LogP contribution >= 0.6 is 15.9 Å². The van der Waals surface area contributed by atoms with Crippen molar-refractivity contribution in [2.75, 3.05) is 7.11 Å². The van der Waals surface area contributed by atoms with Gasteiger partial charge in [-0.25, -0.2) is 0 Å². The Morgan fingerprint density at radius 2 is 2.42 bits per heavy atom. The maximum Gasteiger partial charge on any atom is 0.599 e. The molecule has 0 fully saturated rings. The predicted octanol–water partition coefficient (Wildman–Crippen LogP) is 1.27. The van der Waals surface area contributed by atoms with Crippen LogP contribution in [0.1, 0.15) is 0 Å². The Hall–Kier alpha value is -1.10. The largest absolute Gasteiger partial charge is 0.599 e. The van der Waals surface area contributed by atoms with Crippen molar-refractivity contribution in [3.8, 4) is 5.75 Å². The van der Waals surface area contributed by atoms with Gasteiger partial charge >= 0.3 is 6.09 Å². The van der Waals surface area contributed by atoms with Gasteiger partial charge < -0.3 is 9.84 Å². The topological polar surface area (TPSA) is 50.4 Å². The number of methoxy groups -OCH3 is 1. The molecule has 0 unspecified atom stereocenters. The van der Waals surface area contributed by atoms with Crippen molar-refractivity contribution in [1.82, 2.24) is 0 Å². The number of hydrogen-bond acceptors (Lipinski definition) is 2. The van der Waals surface area contributed by atoms with Crippen LogP contribution in [0, 0.1) is 0 Å². The lowest BCUT2D eigenvalue weighted by Gasteiger charge is -1.98. The molecule has 0 saturated heterocycles. The summed E-state index contributed by atoms with van der Waals surface area (Å²) >= 11 is 3.17. The van der Waals surface area contributed by atoms with Gasteiger partial charge in [-0.05, 0) is 15.9 Å². The Morgan fingerprint density at radius 3 is 2.83 bits per heavy atom. The summed E-state index contributed by atoms with van der Waals surface area (Å²) < 4.78 is 6.57. The van der Waals surface area contributed by atoms with Crippen molar-refractivity contribution in [3.05, 3.63) is 22.9 Å². The number of carboxylic acid groups (broad SMARTS) is 1. The SMILES string of the molecule is COc1cc[n+](C(=O)O)cc1Br. The average molecular weight is 233 g/mol. The highest BCUT2D eigenvalue weighted by atomic mass is 79.9.